The third-order valence-electron chi connectivity index (χ3n) is 2.93. The van der Waals surface area contributed by atoms with Crippen LogP contribution in [0.5, 0.6) is 5.75 Å². The third-order valence-corrected chi connectivity index (χ3v) is 2.93. The van der Waals surface area contributed by atoms with Crippen molar-refractivity contribution in [2.24, 2.45) is 0 Å². The number of likely N-dealkylation sites (tertiary alicyclic amines) is 1. The minimum atomic E-state index is 0.125. The lowest BCUT2D eigenvalue weighted by molar-refractivity contribution is 0.0792. The predicted octanol–water partition coefficient (Wildman–Crippen LogP) is 3.53. The molecule has 1 fully saturated rings. The molecule has 1 aromatic carbocycles. The Labute approximate surface area is 129 Å². The first-order chi connectivity index (χ1) is 10.1. The molecule has 0 spiro atoms. The number of methoxy groups -OCH3 is 2. The largest absolute Gasteiger partial charge is 0.497 e. The highest BCUT2D eigenvalue weighted by molar-refractivity contribution is 5.95. The van der Waals surface area contributed by atoms with E-state index in [2.05, 4.69) is 4.74 Å². The van der Waals surface area contributed by atoms with Crippen LogP contribution in [0.3, 0.4) is 0 Å². The van der Waals surface area contributed by atoms with Crippen molar-refractivity contribution in [3.05, 3.63) is 29.3 Å². The molecular formula is C17H29NO3. The van der Waals surface area contributed by atoms with Crippen LogP contribution in [0.2, 0.25) is 0 Å². The van der Waals surface area contributed by atoms with Gasteiger partial charge in [0.25, 0.3) is 5.91 Å². The van der Waals surface area contributed by atoms with Crippen LogP contribution in [0.25, 0.3) is 0 Å². The Hall–Kier alpha value is -1.55. The molecule has 4 nitrogen and oxygen atoms in total. The van der Waals surface area contributed by atoms with Crippen LogP contribution in [0, 0.1) is 6.92 Å². The van der Waals surface area contributed by atoms with Crippen molar-refractivity contribution < 1.29 is 14.3 Å². The van der Waals surface area contributed by atoms with Gasteiger partial charge < -0.3 is 14.4 Å². The van der Waals surface area contributed by atoms with E-state index < -0.39 is 0 Å². The molecule has 1 heterocycles. The number of ether oxygens (including phenoxy) is 2. The Kier molecular flexibility index (Phi) is 10.3. The van der Waals surface area contributed by atoms with Crippen molar-refractivity contribution in [1.82, 2.24) is 4.90 Å². The first-order valence-corrected chi connectivity index (χ1v) is 7.47. The molecule has 1 aromatic rings. The van der Waals surface area contributed by atoms with Gasteiger partial charge in [0.2, 0.25) is 0 Å². The van der Waals surface area contributed by atoms with Gasteiger partial charge in [-0.05, 0) is 43.5 Å². The fraction of sp³-hybridized carbons (Fsp3) is 0.588. The molecule has 0 saturated carbocycles. The third kappa shape index (κ3) is 6.63. The van der Waals surface area contributed by atoms with E-state index in [0.717, 1.165) is 42.8 Å². The van der Waals surface area contributed by atoms with Gasteiger partial charge in [-0.3, -0.25) is 4.79 Å². The average molecular weight is 295 g/mol. The molecule has 0 unspecified atom stereocenters. The Bertz CT molecular complexity index is 412. The maximum atomic E-state index is 12.1. The zero-order valence-electron chi connectivity index (χ0n) is 14.2. The van der Waals surface area contributed by atoms with E-state index in [9.17, 15) is 4.79 Å². The number of carbonyl (C=O) groups excluding carboxylic acids is 1. The second kappa shape index (κ2) is 11.1. The van der Waals surface area contributed by atoms with Crippen molar-refractivity contribution in [2.45, 2.75) is 33.6 Å². The lowest BCUT2D eigenvalue weighted by Crippen LogP contribution is -2.27. The van der Waals surface area contributed by atoms with Crippen LogP contribution in [-0.4, -0.2) is 45.2 Å². The van der Waals surface area contributed by atoms with Crippen molar-refractivity contribution >= 4 is 5.91 Å². The summed E-state index contributed by atoms with van der Waals surface area (Å²) in [6.45, 7) is 7.74. The van der Waals surface area contributed by atoms with Gasteiger partial charge in [0, 0.05) is 32.9 Å². The van der Waals surface area contributed by atoms with Gasteiger partial charge in [0.05, 0.1) is 7.11 Å². The molecule has 1 amide bonds. The first kappa shape index (κ1) is 19.4. The van der Waals surface area contributed by atoms with E-state index in [4.69, 9.17) is 4.74 Å². The van der Waals surface area contributed by atoms with Gasteiger partial charge in [0.1, 0.15) is 5.75 Å². The lowest BCUT2D eigenvalue weighted by Gasteiger charge is -2.16. The Morgan fingerprint density at radius 1 is 1.05 bits per heavy atom. The van der Waals surface area contributed by atoms with Crippen LogP contribution < -0.4 is 4.74 Å². The SMILES string of the molecule is CC.COC.COc1cc(C)cc(C(=O)N2CCCC2)c1. The molecule has 0 aromatic heterocycles. The number of rotatable bonds is 2. The monoisotopic (exact) mass is 295 g/mol. The summed E-state index contributed by atoms with van der Waals surface area (Å²) < 4.78 is 9.43. The van der Waals surface area contributed by atoms with Crippen molar-refractivity contribution in [1.29, 1.82) is 0 Å². The van der Waals surface area contributed by atoms with Crippen molar-refractivity contribution in [3.63, 3.8) is 0 Å². The van der Waals surface area contributed by atoms with Gasteiger partial charge in [0.15, 0.2) is 0 Å². The highest BCUT2D eigenvalue weighted by Gasteiger charge is 2.19. The fourth-order valence-electron chi connectivity index (χ4n) is 2.09. The van der Waals surface area contributed by atoms with Crippen LogP contribution in [0.1, 0.15) is 42.6 Å². The van der Waals surface area contributed by atoms with Gasteiger partial charge in [-0.25, -0.2) is 0 Å². The molecule has 120 valence electrons. The van der Waals surface area contributed by atoms with Crippen LogP contribution in [0.4, 0.5) is 0 Å². The minimum Gasteiger partial charge on any atom is -0.497 e. The normalized spacial score (nSPS) is 12.8. The molecule has 0 atom stereocenters. The number of benzene rings is 1. The van der Waals surface area contributed by atoms with E-state index in [0.29, 0.717) is 0 Å². The van der Waals surface area contributed by atoms with Gasteiger partial charge >= 0.3 is 0 Å². The summed E-state index contributed by atoms with van der Waals surface area (Å²) in [5, 5.41) is 0. The number of carbonyl (C=O) groups is 1. The number of aryl methyl sites for hydroxylation is 1. The van der Waals surface area contributed by atoms with E-state index in [1.165, 1.54) is 0 Å². The highest BCUT2D eigenvalue weighted by atomic mass is 16.5. The van der Waals surface area contributed by atoms with E-state index in [-0.39, 0.29) is 5.91 Å². The standard InChI is InChI=1S/C13H17NO2.C2H6O.C2H6/c1-10-7-11(9-12(8-10)16-2)13(15)14-5-3-4-6-14;1-3-2;1-2/h7-9H,3-6H2,1-2H3;1-2H3;1-2H3. The maximum Gasteiger partial charge on any atom is 0.253 e. The summed E-state index contributed by atoms with van der Waals surface area (Å²) in [7, 11) is 4.87. The van der Waals surface area contributed by atoms with Gasteiger partial charge in [-0.1, -0.05) is 13.8 Å². The summed E-state index contributed by atoms with van der Waals surface area (Å²) in [4.78, 5) is 14.0. The van der Waals surface area contributed by atoms with Crippen LogP contribution in [0.15, 0.2) is 18.2 Å². The molecule has 1 saturated heterocycles. The molecule has 0 aliphatic carbocycles. The first-order valence-electron chi connectivity index (χ1n) is 7.47. The number of hydrogen-bond acceptors (Lipinski definition) is 3. The van der Waals surface area contributed by atoms with Crippen LogP contribution >= 0.6 is 0 Å². The maximum absolute atomic E-state index is 12.1. The van der Waals surface area contributed by atoms with Crippen molar-refractivity contribution in [3.8, 4) is 5.75 Å². The lowest BCUT2D eigenvalue weighted by atomic mass is 10.1. The Morgan fingerprint density at radius 3 is 2.05 bits per heavy atom. The zero-order chi connectivity index (χ0) is 16.3. The smallest absolute Gasteiger partial charge is 0.253 e. The predicted molar refractivity (Wildman–Crippen MR) is 87.1 cm³/mol. The van der Waals surface area contributed by atoms with E-state index in [1.807, 2.05) is 43.9 Å². The molecule has 0 N–H and O–H groups in total. The van der Waals surface area contributed by atoms with E-state index in [1.54, 1.807) is 21.3 Å². The van der Waals surface area contributed by atoms with Gasteiger partial charge in [-0.2, -0.15) is 0 Å². The fourth-order valence-corrected chi connectivity index (χ4v) is 2.09. The average Bonchev–Trinajstić information content (AvgIpc) is 3.03. The second-order valence-electron chi connectivity index (χ2n) is 4.65. The summed E-state index contributed by atoms with van der Waals surface area (Å²) in [6.07, 6.45) is 2.24. The van der Waals surface area contributed by atoms with Crippen molar-refractivity contribution in [2.75, 3.05) is 34.4 Å². The summed E-state index contributed by atoms with van der Waals surface area (Å²) in [5.74, 6) is 0.877. The molecule has 1 aliphatic rings. The number of hydrogen-bond donors (Lipinski definition) is 0. The molecular weight excluding hydrogens is 266 g/mol. The highest BCUT2D eigenvalue weighted by Crippen LogP contribution is 2.19. The summed E-state index contributed by atoms with van der Waals surface area (Å²) in [6, 6.07) is 5.66. The molecule has 0 radical (unpaired) electrons. The minimum absolute atomic E-state index is 0.125. The Balaban J connectivity index is 0.000000713. The number of nitrogens with zero attached hydrogens (tertiary/aromatic N) is 1. The molecule has 2 rings (SSSR count). The Morgan fingerprint density at radius 2 is 1.57 bits per heavy atom. The zero-order valence-corrected chi connectivity index (χ0v) is 14.2. The molecule has 4 heteroatoms. The van der Waals surface area contributed by atoms with E-state index >= 15 is 0 Å². The molecule has 1 aliphatic heterocycles. The second-order valence-corrected chi connectivity index (χ2v) is 4.65. The summed E-state index contributed by atoms with van der Waals surface area (Å²) in [5.41, 5.74) is 1.79. The molecule has 21 heavy (non-hydrogen) atoms. The summed E-state index contributed by atoms with van der Waals surface area (Å²) >= 11 is 0. The van der Waals surface area contributed by atoms with Gasteiger partial charge in [-0.15, -0.1) is 0 Å². The van der Waals surface area contributed by atoms with Crippen LogP contribution in [-0.2, 0) is 4.74 Å². The topological polar surface area (TPSA) is 38.8 Å². The molecule has 0 bridgehead atoms. The number of amides is 1. The quantitative estimate of drug-likeness (QED) is 0.838.